The Morgan fingerprint density at radius 1 is 0.833 bits per heavy atom. The van der Waals surface area contributed by atoms with E-state index in [1.165, 1.54) is 78.4 Å². The van der Waals surface area contributed by atoms with E-state index in [-0.39, 0.29) is 24.4 Å². The van der Waals surface area contributed by atoms with Crippen LogP contribution in [0, 0.1) is 46.3 Å². The Morgan fingerprint density at radius 3 is 2.15 bits per heavy atom. The summed E-state index contributed by atoms with van der Waals surface area (Å²) in [6, 6.07) is 0.103. The van der Waals surface area contributed by atoms with Crippen LogP contribution >= 0.6 is 0 Å². The van der Waals surface area contributed by atoms with Gasteiger partial charge in [-0.3, -0.25) is 24.0 Å². The predicted molar refractivity (Wildman–Crippen MR) is 223 cm³/mol. The Morgan fingerprint density at radius 2 is 1.53 bits per heavy atom. The number of hydrogen-bond donors (Lipinski definition) is 1. The van der Waals surface area contributed by atoms with Gasteiger partial charge in [0.15, 0.2) is 24.1 Å². The van der Waals surface area contributed by atoms with E-state index in [1.54, 1.807) is 0 Å². The third kappa shape index (κ3) is 10.9. The summed E-state index contributed by atoms with van der Waals surface area (Å²) < 4.78 is 40.8. The topological polar surface area (TPSA) is 162 Å². The number of carbonyl (C=O) groups excluding carboxylic acids is 5. The number of ether oxygens (including phenoxy) is 7. The molecule has 0 radical (unpaired) electrons. The van der Waals surface area contributed by atoms with Crippen molar-refractivity contribution in [2.45, 2.75) is 189 Å². The highest BCUT2D eigenvalue weighted by atomic mass is 16.7. The molecule has 1 N–H and O–H groups in total. The Balaban J connectivity index is 1.35. The zero-order valence-electron chi connectivity index (χ0n) is 38.3. The Hall–Kier alpha value is -3.03. The molecule has 1 heterocycles. The molecular weight excluding hydrogens is 771 g/mol. The molecule has 5 aliphatic rings. The summed E-state index contributed by atoms with van der Waals surface area (Å²) in [5.41, 5.74) is 2.10. The SMILES string of the molecule is CO[C@]1(CN[C@@H]2CC[C@@]3(C)C(=CC[C@H]4[C@@H]5CC[C@H]([C@H](C)CCCC(C)C)[C@@]5(C)CC[C@@H]43)C2)C[C@H](OC(C)=O)[C@@H](OC(C)=O)[C@H]([C@H](OC(C)=O)[C@H](COC(C)=O)OC(C)=O)O1. The second kappa shape index (κ2) is 20.0. The third-order valence-electron chi connectivity index (χ3n) is 15.3. The van der Waals surface area contributed by atoms with E-state index in [9.17, 15) is 24.0 Å². The van der Waals surface area contributed by atoms with E-state index < -0.39 is 72.8 Å². The average molecular weight is 846 g/mol. The fourth-order valence-corrected chi connectivity index (χ4v) is 12.5. The van der Waals surface area contributed by atoms with E-state index in [0.717, 1.165) is 69.1 Å². The lowest BCUT2D eigenvalue weighted by Crippen LogP contribution is -2.66. The first-order valence-electron chi connectivity index (χ1n) is 22.7. The molecule has 14 atom stereocenters. The highest BCUT2D eigenvalue weighted by Crippen LogP contribution is 2.67. The first-order valence-corrected chi connectivity index (χ1v) is 22.7. The van der Waals surface area contributed by atoms with E-state index in [4.69, 9.17) is 33.2 Å². The lowest BCUT2D eigenvalue weighted by molar-refractivity contribution is -0.330. The normalized spacial score (nSPS) is 36.3. The smallest absolute Gasteiger partial charge is 0.303 e. The van der Waals surface area contributed by atoms with Crippen LogP contribution < -0.4 is 5.32 Å². The third-order valence-corrected chi connectivity index (χ3v) is 15.3. The number of fused-ring (bicyclic) bond motifs is 5. The van der Waals surface area contributed by atoms with Crippen molar-refractivity contribution in [3.05, 3.63) is 11.6 Å². The van der Waals surface area contributed by atoms with E-state index in [1.807, 2.05) is 0 Å². The molecule has 1 aliphatic heterocycles. The quantitative estimate of drug-likeness (QED) is 0.0876. The minimum absolute atomic E-state index is 0.0339. The van der Waals surface area contributed by atoms with Gasteiger partial charge in [-0.2, -0.15) is 0 Å². The second-order valence-corrected chi connectivity index (χ2v) is 19.8. The van der Waals surface area contributed by atoms with Gasteiger partial charge >= 0.3 is 29.8 Å². The number of rotatable bonds is 17. The number of nitrogens with one attached hydrogen (secondary N) is 1. The van der Waals surface area contributed by atoms with Gasteiger partial charge in [0, 0.05) is 54.2 Å². The summed E-state index contributed by atoms with van der Waals surface area (Å²) in [7, 11) is 1.47. The Bertz CT molecular complexity index is 1580. The van der Waals surface area contributed by atoms with Crippen LogP contribution in [0.4, 0.5) is 0 Å². The van der Waals surface area contributed by atoms with Crippen molar-refractivity contribution in [3.8, 4) is 0 Å². The molecule has 0 bridgehead atoms. The van der Waals surface area contributed by atoms with Crippen LogP contribution in [0.3, 0.4) is 0 Å². The molecule has 13 nitrogen and oxygen atoms in total. The Kier molecular flexibility index (Phi) is 16.0. The lowest BCUT2D eigenvalue weighted by atomic mass is 9.47. The molecule has 5 rings (SSSR count). The van der Waals surface area contributed by atoms with Gasteiger partial charge in [-0.25, -0.2) is 0 Å². The molecule has 13 heteroatoms. The van der Waals surface area contributed by atoms with Crippen LogP contribution in [0.2, 0.25) is 0 Å². The first kappa shape index (κ1) is 48.0. The number of allylic oxidation sites excluding steroid dienone is 1. The summed E-state index contributed by atoms with van der Waals surface area (Å²) in [5.74, 6) is -0.460. The number of esters is 5. The highest BCUT2D eigenvalue weighted by molar-refractivity contribution is 5.69. The molecule has 0 amide bonds. The molecular formula is C47H75NO12. The maximum absolute atomic E-state index is 12.6. The fraction of sp³-hybridized carbons (Fsp3) is 0.851. The van der Waals surface area contributed by atoms with Crippen molar-refractivity contribution in [1.29, 1.82) is 0 Å². The zero-order chi connectivity index (χ0) is 44.2. The van der Waals surface area contributed by atoms with Crippen molar-refractivity contribution >= 4 is 29.8 Å². The largest absolute Gasteiger partial charge is 0.462 e. The van der Waals surface area contributed by atoms with Crippen LogP contribution in [-0.4, -0.2) is 92.5 Å². The van der Waals surface area contributed by atoms with Crippen molar-refractivity contribution in [2.24, 2.45) is 46.3 Å². The molecule has 0 aromatic carbocycles. The molecule has 0 spiro atoms. The van der Waals surface area contributed by atoms with Crippen molar-refractivity contribution < 1.29 is 57.1 Å². The minimum atomic E-state index is -1.48. The molecule has 0 aromatic heterocycles. The van der Waals surface area contributed by atoms with Gasteiger partial charge in [0.1, 0.15) is 18.8 Å². The van der Waals surface area contributed by atoms with Crippen molar-refractivity contribution in [1.82, 2.24) is 5.32 Å². The van der Waals surface area contributed by atoms with Gasteiger partial charge in [-0.1, -0.05) is 65.5 Å². The summed E-state index contributed by atoms with van der Waals surface area (Å²) in [5, 5.41) is 3.72. The molecule has 0 aromatic rings. The molecule has 60 heavy (non-hydrogen) atoms. The van der Waals surface area contributed by atoms with E-state index in [0.29, 0.717) is 11.3 Å². The van der Waals surface area contributed by atoms with Crippen LogP contribution in [0.15, 0.2) is 11.6 Å². The van der Waals surface area contributed by atoms with Gasteiger partial charge in [-0.15, -0.1) is 0 Å². The van der Waals surface area contributed by atoms with Gasteiger partial charge in [0.25, 0.3) is 0 Å². The van der Waals surface area contributed by atoms with E-state index in [2.05, 4.69) is 46.0 Å². The van der Waals surface area contributed by atoms with Crippen LogP contribution in [-0.2, 0) is 57.1 Å². The number of methoxy groups -OCH3 is 1. The predicted octanol–water partition coefficient (Wildman–Crippen LogP) is 7.41. The van der Waals surface area contributed by atoms with E-state index >= 15 is 0 Å². The first-order chi connectivity index (χ1) is 28.2. The fourth-order valence-electron chi connectivity index (χ4n) is 12.5. The monoisotopic (exact) mass is 846 g/mol. The highest BCUT2D eigenvalue weighted by Gasteiger charge is 2.60. The van der Waals surface area contributed by atoms with Gasteiger partial charge in [0.05, 0.1) is 6.54 Å². The van der Waals surface area contributed by atoms with Crippen LogP contribution in [0.25, 0.3) is 0 Å². The van der Waals surface area contributed by atoms with Gasteiger partial charge in [-0.05, 0) is 97.7 Å². The summed E-state index contributed by atoms with van der Waals surface area (Å²) in [4.78, 5) is 61.8. The lowest BCUT2D eigenvalue weighted by Gasteiger charge is -2.58. The molecule has 4 aliphatic carbocycles. The summed E-state index contributed by atoms with van der Waals surface area (Å²) in [6.45, 7) is 17.9. The van der Waals surface area contributed by atoms with Gasteiger partial charge in [0.2, 0.25) is 0 Å². The molecule has 4 fully saturated rings. The molecule has 340 valence electrons. The molecule has 1 saturated heterocycles. The zero-order valence-corrected chi connectivity index (χ0v) is 38.3. The number of carbonyl (C=O) groups is 5. The maximum atomic E-state index is 12.6. The molecule has 0 unspecified atom stereocenters. The van der Waals surface area contributed by atoms with Crippen molar-refractivity contribution in [3.63, 3.8) is 0 Å². The Labute approximate surface area is 358 Å². The number of hydrogen-bond acceptors (Lipinski definition) is 13. The van der Waals surface area contributed by atoms with Crippen LogP contribution in [0.5, 0.6) is 0 Å². The standard InChI is InChI=1S/C47H75NO12/c1-27(2)13-12-14-28(3)37-17-18-38-36-16-15-34-23-35(19-21-45(34,9)39(36)20-22-46(37,38)10)48-26-47(54-11)24-40(56-30(5)50)42(58-32(7)52)44(60-47)43(59-33(8)53)41(57-31(6)51)25-55-29(4)49/h15,27-28,35-44,48H,12-14,16-26H2,1-11H3/t28-,35-,36+,37-,38+,39+,40+,41+,42-,43-,44-,45+,46-,47-/m1/s1. The summed E-state index contributed by atoms with van der Waals surface area (Å²) >= 11 is 0. The molecule has 3 saturated carbocycles. The summed E-state index contributed by atoms with van der Waals surface area (Å²) in [6.07, 6.45) is 9.27. The second-order valence-electron chi connectivity index (χ2n) is 19.8. The maximum Gasteiger partial charge on any atom is 0.303 e. The van der Waals surface area contributed by atoms with Crippen molar-refractivity contribution in [2.75, 3.05) is 20.3 Å². The minimum Gasteiger partial charge on any atom is -0.462 e. The van der Waals surface area contributed by atoms with Crippen LogP contribution in [0.1, 0.15) is 146 Å². The van der Waals surface area contributed by atoms with Gasteiger partial charge < -0.3 is 38.5 Å². The average Bonchev–Trinajstić information content (AvgIpc) is 3.52.